The van der Waals surface area contributed by atoms with Crippen LogP contribution < -0.4 is 20.7 Å². The van der Waals surface area contributed by atoms with Crippen LogP contribution in [0.5, 0.6) is 5.75 Å². The molecule has 0 spiro atoms. The molecule has 1 aliphatic rings. The fourth-order valence-electron chi connectivity index (χ4n) is 4.80. The van der Waals surface area contributed by atoms with Crippen LogP contribution in [-0.4, -0.2) is 94.8 Å². The van der Waals surface area contributed by atoms with Crippen LogP contribution in [-0.2, 0) is 4.79 Å². The van der Waals surface area contributed by atoms with E-state index in [1.165, 1.54) is 5.69 Å². The van der Waals surface area contributed by atoms with E-state index in [-0.39, 0.29) is 0 Å². The van der Waals surface area contributed by atoms with Crippen molar-refractivity contribution in [2.24, 2.45) is 5.73 Å². The number of nitrogens with one attached hydrogen (secondary N) is 1. The summed E-state index contributed by atoms with van der Waals surface area (Å²) < 4.78 is 5.34. The molecule has 3 aromatic rings. The van der Waals surface area contributed by atoms with Gasteiger partial charge in [-0.25, -0.2) is 4.98 Å². The molecule has 0 bridgehead atoms. The van der Waals surface area contributed by atoms with Gasteiger partial charge in [0.2, 0.25) is 0 Å². The molecule has 1 fully saturated rings. The third-order valence-corrected chi connectivity index (χ3v) is 7.11. The summed E-state index contributed by atoms with van der Waals surface area (Å²) in [6.45, 7) is 7.15. The van der Waals surface area contributed by atoms with Crippen LogP contribution in [0.1, 0.15) is 12.8 Å². The molecule has 0 amide bonds. The Bertz CT molecular complexity index is 1170. The van der Waals surface area contributed by atoms with Crippen molar-refractivity contribution < 1.29 is 9.53 Å². The third kappa shape index (κ3) is 8.29. The van der Waals surface area contributed by atoms with Crippen molar-refractivity contribution in [1.29, 1.82) is 0 Å². The van der Waals surface area contributed by atoms with Gasteiger partial charge in [-0.1, -0.05) is 12.1 Å². The molecule has 1 saturated heterocycles. The Balaban J connectivity index is 1.49. The van der Waals surface area contributed by atoms with E-state index in [4.69, 9.17) is 15.5 Å². The Labute approximate surface area is 233 Å². The average molecular weight is 528 g/mol. The minimum absolute atomic E-state index is 0.730. The summed E-state index contributed by atoms with van der Waals surface area (Å²) in [6, 6.07) is 20.9. The van der Waals surface area contributed by atoms with E-state index in [9.17, 15) is 4.79 Å². The SMILES string of the molecule is COc1ccc(-c2cc(NCCCN(C)CCCN)cc(-c3ccc(N4CCN([B]C=O)CC4)cc3)n2)cc1. The molecule has 39 heavy (non-hydrogen) atoms. The molecule has 0 aliphatic carbocycles. The van der Waals surface area contributed by atoms with Gasteiger partial charge in [-0.2, -0.15) is 0 Å². The zero-order valence-electron chi connectivity index (χ0n) is 23.2. The first kappa shape index (κ1) is 28.6. The molecule has 9 heteroatoms. The molecule has 205 valence electrons. The molecule has 8 nitrogen and oxygen atoms in total. The number of anilines is 2. The van der Waals surface area contributed by atoms with E-state index in [1.807, 2.05) is 24.3 Å². The van der Waals surface area contributed by atoms with Crippen molar-refractivity contribution in [2.75, 3.05) is 76.7 Å². The first-order valence-corrected chi connectivity index (χ1v) is 13.8. The quantitative estimate of drug-likeness (QED) is 0.187. The molecule has 0 atom stereocenters. The third-order valence-electron chi connectivity index (χ3n) is 7.11. The first-order chi connectivity index (χ1) is 19.1. The molecule has 2 aromatic carbocycles. The van der Waals surface area contributed by atoms with Gasteiger partial charge in [0, 0.05) is 55.2 Å². The maximum Gasteiger partial charge on any atom is 0.293 e. The molecular formula is C30H40BN6O2. The molecule has 3 N–H and O–H groups in total. The Morgan fingerprint density at radius 1 is 0.974 bits per heavy atom. The highest BCUT2D eigenvalue weighted by Gasteiger charge is 2.17. The second-order valence-electron chi connectivity index (χ2n) is 9.94. The van der Waals surface area contributed by atoms with Crippen molar-refractivity contribution in [3.05, 3.63) is 60.7 Å². The van der Waals surface area contributed by atoms with Crippen LogP contribution in [0.4, 0.5) is 11.4 Å². The summed E-state index contributed by atoms with van der Waals surface area (Å²) in [5.74, 6) is 0.826. The van der Waals surface area contributed by atoms with Crippen molar-refractivity contribution in [1.82, 2.24) is 14.7 Å². The van der Waals surface area contributed by atoms with Crippen LogP contribution in [0.25, 0.3) is 22.5 Å². The minimum atomic E-state index is 0.730. The van der Waals surface area contributed by atoms with Crippen LogP contribution >= 0.6 is 0 Å². The second kappa shape index (κ2) is 14.7. The number of nitrogens with zero attached hydrogens (tertiary/aromatic N) is 4. The van der Waals surface area contributed by atoms with Crippen LogP contribution in [0.3, 0.4) is 0 Å². The minimum Gasteiger partial charge on any atom is -0.497 e. The number of methoxy groups -OCH3 is 1. The van der Waals surface area contributed by atoms with E-state index in [2.05, 4.69) is 63.4 Å². The van der Waals surface area contributed by atoms with Gasteiger partial charge < -0.3 is 35.2 Å². The van der Waals surface area contributed by atoms with E-state index in [1.54, 1.807) is 14.5 Å². The van der Waals surface area contributed by atoms with Crippen molar-refractivity contribution in [3.63, 3.8) is 0 Å². The highest BCUT2D eigenvalue weighted by atomic mass is 16.5. The number of hydrogen-bond donors (Lipinski definition) is 2. The zero-order chi connectivity index (χ0) is 27.5. The molecule has 1 aliphatic heterocycles. The van der Waals surface area contributed by atoms with Gasteiger partial charge >= 0.3 is 0 Å². The summed E-state index contributed by atoms with van der Waals surface area (Å²) in [4.78, 5) is 22.6. The number of piperazine rings is 1. The van der Waals surface area contributed by atoms with Gasteiger partial charge in [-0.3, -0.25) is 0 Å². The number of carbonyl (C=O) groups excluding carboxylic acids is 1. The number of aromatic nitrogens is 1. The topological polar surface area (TPSA) is 87.0 Å². The largest absolute Gasteiger partial charge is 0.497 e. The van der Waals surface area contributed by atoms with Gasteiger partial charge in [0.15, 0.2) is 0 Å². The van der Waals surface area contributed by atoms with Crippen LogP contribution in [0, 0.1) is 0 Å². The van der Waals surface area contributed by atoms with Gasteiger partial charge in [0.25, 0.3) is 7.41 Å². The standard InChI is InChI=1S/C30H40BN6O2/c1-35(15-3-13-32)16-4-14-33-26-21-29(34-30(22-26)25-7-11-28(39-2)12-8-25)24-5-9-27(10-6-24)36-17-19-37(20-18-36)31-23-38/h5-12,21-23H,3-4,13-20,32H2,1-2H3,(H,33,34). The zero-order valence-corrected chi connectivity index (χ0v) is 23.2. The van der Waals surface area contributed by atoms with Crippen molar-refractivity contribution in [3.8, 4) is 28.3 Å². The number of ether oxygens (including phenoxy) is 1. The summed E-state index contributed by atoms with van der Waals surface area (Å²) in [5, 5.41) is 3.62. The van der Waals surface area contributed by atoms with Gasteiger partial charge in [0.05, 0.1) is 24.7 Å². The van der Waals surface area contributed by atoms with Gasteiger partial charge in [0.1, 0.15) is 5.75 Å². The fraction of sp³-hybridized carbons (Fsp3) is 0.400. The highest BCUT2D eigenvalue weighted by molar-refractivity contribution is 6.64. The summed E-state index contributed by atoms with van der Waals surface area (Å²) in [5.41, 5.74) is 11.9. The molecular weight excluding hydrogens is 487 g/mol. The number of carbonyl (C=O) groups is 1. The lowest BCUT2D eigenvalue weighted by Crippen LogP contribution is -2.48. The van der Waals surface area contributed by atoms with E-state index >= 15 is 0 Å². The Morgan fingerprint density at radius 2 is 1.59 bits per heavy atom. The molecule has 2 heterocycles. The predicted molar refractivity (Wildman–Crippen MR) is 162 cm³/mol. The van der Waals surface area contributed by atoms with Crippen molar-refractivity contribution >= 4 is 25.0 Å². The normalized spacial score (nSPS) is 13.9. The van der Waals surface area contributed by atoms with Gasteiger partial charge in [-0.05, 0) is 88.1 Å². The number of hydrogen-bond acceptors (Lipinski definition) is 8. The number of pyridine rings is 1. The summed E-state index contributed by atoms with van der Waals surface area (Å²) in [6.07, 6.45) is 2.93. The monoisotopic (exact) mass is 527 g/mol. The van der Waals surface area contributed by atoms with Crippen LogP contribution in [0.15, 0.2) is 60.7 Å². The Morgan fingerprint density at radius 3 is 2.18 bits per heavy atom. The smallest absolute Gasteiger partial charge is 0.293 e. The fourth-order valence-corrected chi connectivity index (χ4v) is 4.80. The molecule has 4 rings (SSSR count). The maximum absolute atomic E-state index is 10.8. The van der Waals surface area contributed by atoms with Gasteiger partial charge in [-0.15, -0.1) is 0 Å². The summed E-state index contributed by atoms with van der Waals surface area (Å²) in [7, 11) is 5.46. The Kier molecular flexibility index (Phi) is 10.8. The van der Waals surface area contributed by atoms with Crippen LogP contribution in [0.2, 0.25) is 0 Å². The predicted octanol–water partition coefficient (Wildman–Crippen LogP) is 3.44. The molecule has 1 radical (unpaired) electrons. The number of rotatable bonds is 14. The highest BCUT2D eigenvalue weighted by Crippen LogP contribution is 2.29. The second-order valence-corrected chi connectivity index (χ2v) is 9.94. The number of nitrogens with two attached hydrogens (primary N) is 1. The maximum atomic E-state index is 10.8. The van der Waals surface area contributed by atoms with Crippen molar-refractivity contribution in [2.45, 2.75) is 12.8 Å². The Hall–Kier alpha value is -3.40. The summed E-state index contributed by atoms with van der Waals surface area (Å²) >= 11 is 0. The lowest BCUT2D eigenvalue weighted by Gasteiger charge is -2.35. The molecule has 0 unspecified atom stereocenters. The molecule has 1 aromatic heterocycles. The van der Waals surface area contributed by atoms with E-state index in [0.29, 0.717) is 0 Å². The lowest BCUT2D eigenvalue weighted by molar-refractivity contribution is 0.330. The van der Waals surface area contributed by atoms with E-state index in [0.717, 1.165) is 105 Å². The lowest BCUT2D eigenvalue weighted by atomic mass is 9.93. The number of benzene rings is 2. The first-order valence-electron chi connectivity index (χ1n) is 13.8. The molecule has 0 saturated carbocycles. The van der Waals surface area contributed by atoms with E-state index < -0.39 is 0 Å². The average Bonchev–Trinajstić information content (AvgIpc) is 2.99.